The Balaban J connectivity index is 3.64. The predicted octanol–water partition coefficient (Wildman–Crippen LogP) is 1.23. The first-order valence-electron chi connectivity index (χ1n) is 4.75. The molecule has 0 aliphatic rings. The SMILES string of the molecule is CC=CC(=O)OCC#CCOC(=O)C=CC. The van der Waals surface area contributed by atoms with Crippen molar-refractivity contribution in [3.05, 3.63) is 24.3 Å². The van der Waals surface area contributed by atoms with Gasteiger partial charge in [0.25, 0.3) is 0 Å². The van der Waals surface area contributed by atoms with Crippen molar-refractivity contribution in [1.29, 1.82) is 0 Å². The van der Waals surface area contributed by atoms with Gasteiger partial charge in [0.2, 0.25) is 0 Å². The molecule has 0 saturated carbocycles. The second kappa shape index (κ2) is 9.53. The van der Waals surface area contributed by atoms with Crippen LogP contribution in [0, 0.1) is 11.8 Å². The zero-order valence-corrected chi connectivity index (χ0v) is 9.36. The summed E-state index contributed by atoms with van der Waals surface area (Å²) in [5, 5.41) is 0. The lowest BCUT2D eigenvalue weighted by Crippen LogP contribution is -2.02. The van der Waals surface area contributed by atoms with Gasteiger partial charge in [0.05, 0.1) is 0 Å². The van der Waals surface area contributed by atoms with E-state index in [0.717, 1.165) is 0 Å². The highest BCUT2D eigenvalue weighted by atomic mass is 16.5. The van der Waals surface area contributed by atoms with Crippen LogP contribution in [0.4, 0.5) is 0 Å². The molecular formula is C12H14O4. The first-order valence-corrected chi connectivity index (χ1v) is 4.75. The molecule has 4 nitrogen and oxygen atoms in total. The van der Waals surface area contributed by atoms with Crippen LogP contribution < -0.4 is 0 Å². The highest BCUT2D eigenvalue weighted by molar-refractivity contribution is 5.82. The topological polar surface area (TPSA) is 52.6 Å². The van der Waals surface area contributed by atoms with Crippen molar-refractivity contribution in [2.45, 2.75) is 13.8 Å². The fraction of sp³-hybridized carbons (Fsp3) is 0.333. The molecule has 86 valence electrons. The summed E-state index contributed by atoms with van der Waals surface area (Å²) in [6.07, 6.45) is 5.75. The zero-order chi connectivity index (χ0) is 12.2. The maximum atomic E-state index is 10.8. The monoisotopic (exact) mass is 222 g/mol. The van der Waals surface area contributed by atoms with Crippen molar-refractivity contribution in [1.82, 2.24) is 0 Å². The molecule has 0 fully saturated rings. The summed E-state index contributed by atoms with van der Waals surface area (Å²) in [6.45, 7) is 3.41. The summed E-state index contributed by atoms with van der Waals surface area (Å²) in [5.41, 5.74) is 0. The van der Waals surface area contributed by atoms with Crippen molar-refractivity contribution >= 4 is 11.9 Å². The Labute approximate surface area is 94.9 Å². The molecule has 0 aromatic heterocycles. The van der Waals surface area contributed by atoms with Crippen molar-refractivity contribution in [3.63, 3.8) is 0 Å². The Bertz CT molecular complexity index is 310. The molecule has 0 aliphatic heterocycles. The number of esters is 2. The highest BCUT2D eigenvalue weighted by Gasteiger charge is 1.92. The average Bonchev–Trinajstić information content (AvgIpc) is 2.24. The third-order valence-corrected chi connectivity index (χ3v) is 1.30. The molecule has 0 amide bonds. The Morgan fingerprint density at radius 1 is 0.938 bits per heavy atom. The van der Waals surface area contributed by atoms with E-state index in [4.69, 9.17) is 0 Å². The van der Waals surface area contributed by atoms with Crippen LogP contribution in [0.5, 0.6) is 0 Å². The van der Waals surface area contributed by atoms with Crippen LogP contribution >= 0.6 is 0 Å². The number of allylic oxidation sites excluding steroid dienone is 2. The number of ether oxygens (including phenoxy) is 2. The number of hydrogen-bond donors (Lipinski definition) is 0. The predicted molar refractivity (Wildman–Crippen MR) is 59.3 cm³/mol. The van der Waals surface area contributed by atoms with Crippen LogP contribution in [0.15, 0.2) is 24.3 Å². The third kappa shape index (κ3) is 8.57. The average molecular weight is 222 g/mol. The zero-order valence-electron chi connectivity index (χ0n) is 9.36. The molecule has 0 rings (SSSR count). The second-order valence-corrected chi connectivity index (χ2v) is 2.57. The van der Waals surface area contributed by atoms with Crippen molar-refractivity contribution in [3.8, 4) is 11.8 Å². The number of hydrogen-bond acceptors (Lipinski definition) is 4. The van der Waals surface area contributed by atoms with Gasteiger partial charge >= 0.3 is 11.9 Å². The van der Waals surface area contributed by atoms with Gasteiger partial charge in [-0.05, 0) is 13.8 Å². The van der Waals surface area contributed by atoms with Crippen LogP contribution in [-0.4, -0.2) is 25.2 Å². The van der Waals surface area contributed by atoms with Gasteiger partial charge in [0, 0.05) is 12.2 Å². The molecule has 0 saturated heterocycles. The lowest BCUT2D eigenvalue weighted by molar-refractivity contribution is -0.137. The van der Waals surface area contributed by atoms with E-state index in [2.05, 4.69) is 21.3 Å². The minimum Gasteiger partial charge on any atom is -0.449 e. The first-order chi connectivity index (χ1) is 7.70. The van der Waals surface area contributed by atoms with Crippen LogP contribution in [0.1, 0.15) is 13.8 Å². The van der Waals surface area contributed by atoms with Crippen LogP contribution in [0.2, 0.25) is 0 Å². The smallest absolute Gasteiger partial charge is 0.331 e. The number of carbonyl (C=O) groups is 2. The van der Waals surface area contributed by atoms with E-state index in [1.807, 2.05) is 0 Å². The van der Waals surface area contributed by atoms with Gasteiger partial charge in [-0.3, -0.25) is 0 Å². The van der Waals surface area contributed by atoms with Crippen molar-refractivity contribution in [2.75, 3.05) is 13.2 Å². The summed E-state index contributed by atoms with van der Waals surface area (Å²) in [7, 11) is 0. The lowest BCUT2D eigenvalue weighted by atomic mass is 10.5. The maximum Gasteiger partial charge on any atom is 0.331 e. The van der Waals surface area contributed by atoms with Gasteiger partial charge in [0.1, 0.15) is 0 Å². The van der Waals surface area contributed by atoms with E-state index in [1.54, 1.807) is 26.0 Å². The molecule has 0 aromatic carbocycles. The van der Waals surface area contributed by atoms with Gasteiger partial charge in [-0.25, -0.2) is 9.59 Å². The molecule has 0 atom stereocenters. The molecular weight excluding hydrogens is 208 g/mol. The molecule has 0 spiro atoms. The van der Waals surface area contributed by atoms with E-state index >= 15 is 0 Å². The largest absolute Gasteiger partial charge is 0.449 e. The summed E-state index contributed by atoms with van der Waals surface area (Å²) >= 11 is 0. The Hall–Kier alpha value is -2.02. The fourth-order valence-electron chi connectivity index (χ4n) is 0.685. The summed E-state index contributed by atoms with van der Waals surface area (Å²) in [4.78, 5) is 21.6. The number of rotatable bonds is 4. The molecule has 0 N–H and O–H groups in total. The van der Waals surface area contributed by atoms with E-state index in [-0.39, 0.29) is 13.2 Å². The van der Waals surface area contributed by atoms with Crippen LogP contribution in [0.3, 0.4) is 0 Å². The number of carbonyl (C=O) groups excluding carboxylic acids is 2. The van der Waals surface area contributed by atoms with Crippen LogP contribution in [0.25, 0.3) is 0 Å². The van der Waals surface area contributed by atoms with Gasteiger partial charge in [-0.15, -0.1) is 0 Å². The van der Waals surface area contributed by atoms with Crippen LogP contribution in [-0.2, 0) is 19.1 Å². The first kappa shape index (κ1) is 14.0. The van der Waals surface area contributed by atoms with E-state index in [1.165, 1.54) is 12.2 Å². The second-order valence-electron chi connectivity index (χ2n) is 2.57. The molecule has 4 heteroatoms. The summed E-state index contributed by atoms with van der Waals surface area (Å²) in [5.74, 6) is 4.20. The lowest BCUT2D eigenvalue weighted by Gasteiger charge is -1.94. The quantitative estimate of drug-likeness (QED) is 0.408. The summed E-state index contributed by atoms with van der Waals surface area (Å²) < 4.78 is 9.37. The Kier molecular flexibility index (Phi) is 8.33. The molecule has 0 heterocycles. The molecule has 0 unspecified atom stereocenters. The van der Waals surface area contributed by atoms with Gasteiger partial charge in [-0.2, -0.15) is 0 Å². The Morgan fingerprint density at radius 3 is 1.62 bits per heavy atom. The third-order valence-electron chi connectivity index (χ3n) is 1.30. The normalized spacial score (nSPS) is 9.88. The van der Waals surface area contributed by atoms with Crippen molar-refractivity contribution < 1.29 is 19.1 Å². The standard InChI is InChI=1S/C12H14O4/c1-3-7-11(13)15-9-5-6-10-16-12(14)8-4-2/h3-4,7-8H,9-10H2,1-2H3. The van der Waals surface area contributed by atoms with E-state index < -0.39 is 11.9 Å². The van der Waals surface area contributed by atoms with Gasteiger partial charge < -0.3 is 9.47 Å². The fourth-order valence-corrected chi connectivity index (χ4v) is 0.685. The Morgan fingerprint density at radius 2 is 1.31 bits per heavy atom. The van der Waals surface area contributed by atoms with Gasteiger partial charge in [0.15, 0.2) is 13.2 Å². The highest BCUT2D eigenvalue weighted by Crippen LogP contribution is 1.81. The minimum atomic E-state index is -0.442. The molecule has 0 bridgehead atoms. The van der Waals surface area contributed by atoms with E-state index in [0.29, 0.717) is 0 Å². The molecule has 0 aromatic rings. The summed E-state index contributed by atoms with van der Waals surface area (Å²) in [6, 6.07) is 0. The molecule has 16 heavy (non-hydrogen) atoms. The van der Waals surface area contributed by atoms with Crippen molar-refractivity contribution in [2.24, 2.45) is 0 Å². The molecule has 0 radical (unpaired) electrons. The van der Waals surface area contributed by atoms with Gasteiger partial charge in [-0.1, -0.05) is 24.0 Å². The van der Waals surface area contributed by atoms with E-state index in [9.17, 15) is 9.59 Å². The maximum absolute atomic E-state index is 10.8. The minimum absolute atomic E-state index is 0.00958. The molecule has 0 aliphatic carbocycles.